The first-order valence-electron chi connectivity index (χ1n) is 5.60. The summed E-state index contributed by atoms with van der Waals surface area (Å²) in [5.41, 5.74) is -0.784. The Labute approximate surface area is 119 Å². The zero-order valence-electron chi connectivity index (χ0n) is 10.9. The number of nitrogens with one attached hydrogen (secondary N) is 1. The molecule has 0 aliphatic carbocycles. The van der Waals surface area contributed by atoms with Crippen LogP contribution in [-0.4, -0.2) is 47.6 Å². The van der Waals surface area contributed by atoms with Crippen LogP contribution in [0, 0.1) is 11.6 Å². The summed E-state index contributed by atoms with van der Waals surface area (Å²) in [5, 5.41) is 11.2. The maximum Gasteiger partial charge on any atom is 0.337 e. The molecule has 0 aliphatic heterocycles. The topological polar surface area (TPSA) is 69.6 Å². The van der Waals surface area contributed by atoms with Gasteiger partial charge in [0.15, 0.2) is 11.6 Å². The molecular weight excluding hydrogens is 290 g/mol. The third kappa shape index (κ3) is 4.09. The van der Waals surface area contributed by atoms with Crippen LogP contribution in [0.3, 0.4) is 0 Å². The van der Waals surface area contributed by atoms with Crippen LogP contribution in [0.2, 0.25) is 0 Å². The summed E-state index contributed by atoms with van der Waals surface area (Å²) in [6.07, 6.45) is 1.88. The molecule has 0 aliphatic rings. The average Bonchev–Trinajstić information content (AvgIpc) is 2.39. The zero-order chi connectivity index (χ0) is 15.3. The van der Waals surface area contributed by atoms with Crippen molar-refractivity contribution in [2.24, 2.45) is 0 Å². The van der Waals surface area contributed by atoms with Gasteiger partial charge in [0, 0.05) is 25.4 Å². The normalized spacial score (nSPS) is 10.2. The molecule has 8 heteroatoms. The second kappa shape index (κ2) is 7.09. The van der Waals surface area contributed by atoms with E-state index >= 15 is 0 Å². The van der Waals surface area contributed by atoms with E-state index in [0.29, 0.717) is 24.4 Å². The molecule has 0 aromatic heterocycles. The number of benzene rings is 1. The number of hydrogen-bond donors (Lipinski definition) is 2. The van der Waals surface area contributed by atoms with Gasteiger partial charge in [-0.3, -0.25) is 0 Å². The Bertz CT molecular complexity index is 526. The molecule has 2 amide bonds. The van der Waals surface area contributed by atoms with Gasteiger partial charge in [-0.2, -0.15) is 11.8 Å². The summed E-state index contributed by atoms with van der Waals surface area (Å²) in [4.78, 5) is 24.1. The van der Waals surface area contributed by atoms with Gasteiger partial charge in [-0.15, -0.1) is 0 Å². The lowest BCUT2D eigenvalue weighted by Crippen LogP contribution is -2.33. The molecule has 0 bridgehead atoms. The predicted octanol–water partition coefficient (Wildman–Crippen LogP) is 2.49. The van der Waals surface area contributed by atoms with Gasteiger partial charge in [-0.1, -0.05) is 0 Å². The second-order valence-corrected chi connectivity index (χ2v) is 4.95. The fourth-order valence-corrected chi connectivity index (χ4v) is 1.82. The van der Waals surface area contributed by atoms with E-state index < -0.39 is 29.2 Å². The van der Waals surface area contributed by atoms with Crippen LogP contribution in [0.25, 0.3) is 0 Å². The Morgan fingerprint density at radius 3 is 2.50 bits per heavy atom. The fraction of sp³-hybridized carbons (Fsp3) is 0.333. The van der Waals surface area contributed by atoms with E-state index in [2.05, 4.69) is 5.32 Å². The first-order valence-corrected chi connectivity index (χ1v) is 6.99. The molecule has 0 radical (unpaired) electrons. The van der Waals surface area contributed by atoms with Crippen molar-refractivity contribution in [3.63, 3.8) is 0 Å². The molecule has 1 aromatic rings. The average molecular weight is 304 g/mol. The van der Waals surface area contributed by atoms with Crippen molar-refractivity contribution in [2.45, 2.75) is 0 Å². The molecule has 0 heterocycles. The predicted molar refractivity (Wildman–Crippen MR) is 73.3 cm³/mol. The first-order chi connectivity index (χ1) is 9.36. The number of carboxylic acids is 1. The molecule has 1 aromatic carbocycles. The van der Waals surface area contributed by atoms with Gasteiger partial charge in [-0.05, 0) is 12.3 Å². The molecule has 0 saturated heterocycles. The van der Waals surface area contributed by atoms with Crippen molar-refractivity contribution >= 4 is 29.4 Å². The van der Waals surface area contributed by atoms with Crippen LogP contribution >= 0.6 is 11.8 Å². The highest BCUT2D eigenvalue weighted by Gasteiger charge is 2.18. The maximum absolute atomic E-state index is 13.1. The monoisotopic (exact) mass is 304 g/mol. The van der Waals surface area contributed by atoms with E-state index in [-0.39, 0.29) is 5.69 Å². The maximum atomic E-state index is 13.1. The molecule has 0 saturated carbocycles. The number of carbonyl (C=O) groups excluding carboxylic acids is 1. The van der Waals surface area contributed by atoms with E-state index in [1.807, 2.05) is 6.26 Å². The van der Waals surface area contributed by atoms with Gasteiger partial charge in [0.1, 0.15) is 0 Å². The van der Waals surface area contributed by atoms with Crippen LogP contribution in [0.1, 0.15) is 10.4 Å². The Balaban J connectivity index is 2.93. The molecule has 1 rings (SSSR count). The summed E-state index contributed by atoms with van der Waals surface area (Å²) >= 11 is 1.54. The molecule has 0 unspecified atom stereocenters. The quantitative estimate of drug-likeness (QED) is 0.877. The number of amides is 2. The highest BCUT2D eigenvalue weighted by atomic mass is 32.2. The number of aromatic carboxylic acids is 1. The van der Waals surface area contributed by atoms with Gasteiger partial charge >= 0.3 is 12.0 Å². The number of hydrogen-bond acceptors (Lipinski definition) is 3. The highest BCUT2D eigenvalue weighted by molar-refractivity contribution is 7.98. The number of thioether (sulfide) groups is 1. The van der Waals surface area contributed by atoms with Crippen molar-refractivity contribution in [2.75, 3.05) is 30.9 Å². The van der Waals surface area contributed by atoms with Crippen molar-refractivity contribution < 1.29 is 23.5 Å². The number of carboxylic acid groups (broad SMARTS) is 1. The number of halogens is 2. The minimum absolute atomic E-state index is 0.280. The molecule has 0 atom stereocenters. The molecule has 2 N–H and O–H groups in total. The second-order valence-electron chi connectivity index (χ2n) is 3.96. The Morgan fingerprint density at radius 1 is 1.35 bits per heavy atom. The van der Waals surface area contributed by atoms with Crippen molar-refractivity contribution in [3.05, 3.63) is 29.3 Å². The number of rotatable bonds is 5. The fourth-order valence-electron chi connectivity index (χ4n) is 1.37. The zero-order valence-corrected chi connectivity index (χ0v) is 11.8. The highest BCUT2D eigenvalue weighted by Crippen LogP contribution is 2.20. The standard InChI is InChI=1S/C12H14F2N2O3S/c1-16(3-4-20-2)12(19)15-10-6-9(14)8(13)5-7(10)11(17)18/h5-6H,3-4H2,1-2H3,(H,15,19)(H,17,18). The van der Waals surface area contributed by atoms with Crippen LogP contribution in [0.5, 0.6) is 0 Å². The lowest BCUT2D eigenvalue weighted by atomic mass is 10.1. The number of nitrogens with zero attached hydrogens (tertiary/aromatic N) is 1. The van der Waals surface area contributed by atoms with Gasteiger partial charge in [0.05, 0.1) is 11.3 Å². The van der Waals surface area contributed by atoms with Crippen LogP contribution in [-0.2, 0) is 0 Å². The summed E-state index contributed by atoms with van der Waals surface area (Å²) in [6.45, 7) is 0.444. The molecule has 20 heavy (non-hydrogen) atoms. The number of carbonyl (C=O) groups is 2. The van der Waals surface area contributed by atoms with Crippen LogP contribution < -0.4 is 5.32 Å². The minimum Gasteiger partial charge on any atom is -0.478 e. The molecule has 5 nitrogen and oxygen atoms in total. The van der Waals surface area contributed by atoms with Crippen LogP contribution in [0.4, 0.5) is 19.3 Å². The SMILES string of the molecule is CSCCN(C)C(=O)Nc1cc(F)c(F)cc1C(=O)O. The summed E-state index contributed by atoms with van der Waals surface area (Å²) in [5.74, 6) is -3.26. The van der Waals surface area contributed by atoms with Crippen molar-refractivity contribution in [1.82, 2.24) is 4.90 Å². The minimum atomic E-state index is -1.45. The van der Waals surface area contributed by atoms with Gasteiger partial charge in [0.2, 0.25) is 0 Å². The van der Waals surface area contributed by atoms with Crippen molar-refractivity contribution in [1.29, 1.82) is 0 Å². The van der Waals surface area contributed by atoms with Crippen molar-refractivity contribution in [3.8, 4) is 0 Å². The molecule has 110 valence electrons. The third-order valence-electron chi connectivity index (χ3n) is 2.51. The van der Waals surface area contributed by atoms with Crippen LogP contribution in [0.15, 0.2) is 12.1 Å². The van der Waals surface area contributed by atoms with E-state index in [1.165, 1.54) is 11.9 Å². The lowest BCUT2D eigenvalue weighted by Gasteiger charge is -2.18. The van der Waals surface area contributed by atoms with E-state index in [9.17, 15) is 18.4 Å². The largest absolute Gasteiger partial charge is 0.478 e. The number of anilines is 1. The van der Waals surface area contributed by atoms with Gasteiger partial charge in [-0.25, -0.2) is 18.4 Å². The number of urea groups is 1. The van der Waals surface area contributed by atoms with E-state index in [4.69, 9.17) is 5.11 Å². The third-order valence-corrected chi connectivity index (χ3v) is 3.10. The summed E-state index contributed by atoms with van der Waals surface area (Å²) in [6, 6.07) is 0.599. The van der Waals surface area contributed by atoms with Gasteiger partial charge < -0.3 is 15.3 Å². The smallest absolute Gasteiger partial charge is 0.337 e. The van der Waals surface area contributed by atoms with E-state index in [1.54, 1.807) is 11.8 Å². The van der Waals surface area contributed by atoms with Gasteiger partial charge in [0.25, 0.3) is 0 Å². The van der Waals surface area contributed by atoms with E-state index in [0.717, 1.165) is 0 Å². The summed E-state index contributed by atoms with van der Waals surface area (Å²) < 4.78 is 26.2. The first kappa shape index (κ1) is 16.2. The Hall–Kier alpha value is -1.83. The Morgan fingerprint density at radius 2 is 1.95 bits per heavy atom. The summed E-state index contributed by atoms with van der Waals surface area (Å²) in [7, 11) is 1.52. The molecule has 0 fully saturated rings. The Kier molecular flexibility index (Phi) is 5.75. The lowest BCUT2D eigenvalue weighted by molar-refractivity contribution is 0.0697. The molecular formula is C12H14F2N2O3S. The molecule has 0 spiro atoms.